The number of nitrogens with zero attached hydrogens (tertiary/aromatic N) is 1. The van der Waals surface area contributed by atoms with Crippen molar-refractivity contribution in [2.24, 2.45) is 0 Å². The Morgan fingerprint density at radius 3 is 2.33 bits per heavy atom. The molecule has 0 unspecified atom stereocenters. The molecule has 0 aromatic heterocycles. The van der Waals surface area contributed by atoms with Crippen molar-refractivity contribution < 1.29 is 13.3 Å². The number of nitro groups is 1. The zero-order valence-electron chi connectivity index (χ0n) is 6.78. The molecule has 0 aliphatic rings. The molecule has 0 fully saturated rings. The van der Waals surface area contributed by atoms with Crippen LogP contribution in [0.5, 0.6) is 0 Å². The van der Waals surface area contributed by atoms with E-state index in [4.69, 9.17) is 22.3 Å². The summed E-state index contributed by atoms with van der Waals surface area (Å²) in [6, 6.07) is 1.89. The van der Waals surface area contributed by atoms with Crippen molar-refractivity contribution in [1.82, 2.24) is 0 Å². The Balaban J connectivity index is 3.59. The topological polar surface area (TPSA) is 77.3 Å². The molecule has 0 aliphatic carbocycles. The van der Waals surface area contributed by atoms with Gasteiger partial charge in [0, 0.05) is 27.3 Å². The van der Waals surface area contributed by atoms with E-state index in [9.17, 15) is 18.5 Å². The third-order valence-corrected chi connectivity index (χ3v) is 4.17. The van der Waals surface area contributed by atoms with Crippen LogP contribution in [0.25, 0.3) is 0 Å². The van der Waals surface area contributed by atoms with Gasteiger partial charge in [-0.3, -0.25) is 10.1 Å². The van der Waals surface area contributed by atoms with Gasteiger partial charge in [-0.1, -0.05) is 11.6 Å². The van der Waals surface area contributed by atoms with Gasteiger partial charge in [-0.2, -0.15) is 0 Å². The smallest absolute Gasteiger partial charge is 0.258 e. The van der Waals surface area contributed by atoms with Crippen molar-refractivity contribution in [2.45, 2.75) is 4.90 Å². The zero-order chi connectivity index (χ0) is 11.8. The predicted molar refractivity (Wildman–Crippen MR) is 58.8 cm³/mol. The van der Waals surface area contributed by atoms with Crippen LogP contribution in [0.4, 0.5) is 5.69 Å². The number of non-ortho nitro benzene ring substituents is 1. The van der Waals surface area contributed by atoms with Gasteiger partial charge < -0.3 is 0 Å². The second kappa shape index (κ2) is 4.25. The predicted octanol–water partition coefficient (Wildman–Crippen LogP) is 2.94. The van der Waals surface area contributed by atoms with Gasteiger partial charge in [0.05, 0.1) is 9.95 Å². The van der Waals surface area contributed by atoms with Crippen LogP contribution in [-0.2, 0) is 9.05 Å². The molecule has 0 aliphatic heterocycles. The second-order valence-corrected chi connectivity index (χ2v) is 6.20. The summed E-state index contributed by atoms with van der Waals surface area (Å²) in [4.78, 5) is 9.21. The van der Waals surface area contributed by atoms with E-state index in [-0.39, 0.29) is 9.50 Å². The first-order valence-electron chi connectivity index (χ1n) is 3.31. The van der Waals surface area contributed by atoms with Crippen LogP contribution >= 0.6 is 38.2 Å². The Morgan fingerprint density at radius 1 is 1.40 bits per heavy atom. The monoisotopic (exact) mass is 333 g/mol. The molecule has 0 bridgehead atoms. The molecule has 0 spiro atoms. The summed E-state index contributed by atoms with van der Waals surface area (Å²) < 4.78 is 22.1. The van der Waals surface area contributed by atoms with Crippen LogP contribution in [0, 0.1) is 10.1 Å². The molecule has 0 saturated heterocycles. The van der Waals surface area contributed by atoms with Gasteiger partial charge in [0.2, 0.25) is 0 Å². The lowest BCUT2D eigenvalue weighted by molar-refractivity contribution is -0.385. The fourth-order valence-electron chi connectivity index (χ4n) is 0.833. The summed E-state index contributed by atoms with van der Waals surface area (Å²) in [5, 5.41) is 10.3. The highest BCUT2D eigenvalue weighted by Gasteiger charge is 2.22. The van der Waals surface area contributed by atoms with Crippen molar-refractivity contribution in [3.8, 4) is 0 Å². The van der Waals surface area contributed by atoms with E-state index in [1.807, 2.05) is 0 Å². The van der Waals surface area contributed by atoms with Crippen molar-refractivity contribution in [3.63, 3.8) is 0 Å². The third kappa shape index (κ3) is 2.81. The fourth-order valence-corrected chi connectivity index (χ4v) is 2.90. The Labute approximate surface area is 103 Å². The molecule has 1 aromatic carbocycles. The minimum atomic E-state index is -4.11. The Morgan fingerprint density at radius 2 is 1.93 bits per heavy atom. The van der Waals surface area contributed by atoms with E-state index in [1.54, 1.807) is 0 Å². The van der Waals surface area contributed by atoms with E-state index in [1.165, 1.54) is 0 Å². The van der Waals surface area contributed by atoms with Crippen LogP contribution in [-0.4, -0.2) is 13.3 Å². The lowest BCUT2D eigenvalue weighted by Gasteiger charge is -2.02. The fraction of sp³-hybridized carbons (Fsp3) is 0. The highest BCUT2D eigenvalue weighted by Crippen LogP contribution is 2.35. The SMILES string of the molecule is O=[N+]([O-])c1cc(Br)c(Cl)c(S(=O)(=O)Cl)c1. The number of hydrogen-bond donors (Lipinski definition) is 0. The quantitative estimate of drug-likeness (QED) is 0.473. The van der Waals surface area contributed by atoms with Crippen molar-refractivity contribution in [2.75, 3.05) is 0 Å². The van der Waals surface area contributed by atoms with E-state index in [0.29, 0.717) is 0 Å². The largest absolute Gasteiger partial charge is 0.272 e. The van der Waals surface area contributed by atoms with Gasteiger partial charge in [0.25, 0.3) is 14.7 Å². The van der Waals surface area contributed by atoms with Crippen molar-refractivity contribution >= 4 is 53.0 Å². The van der Waals surface area contributed by atoms with Crippen LogP contribution in [0.1, 0.15) is 0 Å². The minimum absolute atomic E-state index is 0.0950. The molecule has 1 aromatic rings. The van der Waals surface area contributed by atoms with E-state index < -0.39 is 24.6 Å². The molecule has 5 nitrogen and oxygen atoms in total. The molecule has 82 valence electrons. The first-order valence-corrected chi connectivity index (χ1v) is 6.79. The minimum Gasteiger partial charge on any atom is -0.258 e. The summed E-state index contributed by atoms with van der Waals surface area (Å²) in [5.74, 6) is 0. The first kappa shape index (κ1) is 12.7. The molecule has 0 saturated carbocycles. The summed E-state index contributed by atoms with van der Waals surface area (Å²) >= 11 is 8.52. The molecule has 15 heavy (non-hydrogen) atoms. The van der Waals surface area contributed by atoms with Crippen molar-refractivity contribution in [3.05, 3.63) is 31.7 Å². The number of hydrogen-bond acceptors (Lipinski definition) is 4. The summed E-state index contributed by atoms with van der Waals surface area (Å²) in [5.41, 5.74) is -0.412. The summed E-state index contributed by atoms with van der Waals surface area (Å²) in [6.07, 6.45) is 0. The van der Waals surface area contributed by atoms with Crippen LogP contribution in [0.3, 0.4) is 0 Å². The molecular formula is C6H2BrCl2NO4S. The maximum Gasteiger partial charge on any atom is 0.272 e. The maximum atomic E-state index is 11.0. The molecular weight excluding hydrogens is 333 g/mol. The lowest BCUT2D eigenvalue weighted by atomic mass is 10.3. The molecule has 0 amide bonds. The third-order valence-electron chi connectivity index (χ3n) is 1.45. The number of halogens is 3. The van der Waals surface area contributed by atoms with Gasteiger partial charge in [-0.15, -0.1) is 0 Å². The number of rotatable bonds is 2. The highest BCUT2D eigenvalue weighted by atomic mass is 79.9. The Bertz CT molecular complexity index is 530. The molecule has 9 heteroatoms. The molecule has 0 N–H and O–H groups in total. The van der Waals surface area contributed by atoms with Crippen LogP contribution in [0.15, 0.2) is 21.5 Å². The molecule has 0 atom stereocenters. The maximum absolute atomic E-state index is 11.0. The van der Waals surface area contributed by atoms with Crippen molar-refractivity contribution in [1.29, 1.82) is 0 Å². The van der Waals surface area contributed by atoms with E-state index in [2.05, 4.69) is 15.9 Å². The highest BCUT2D eigenvalue weighted by molar-refractivity contribution is 9.10. The van der Waals surface area contributed by atoms with Gasteiger partial charge in [0.15, 0.2) is 0 Å². The standard InChI is InChI=1S/C6H2BrCl2NO4S/c7-4-1-3(10(11)12)2-5(6(4)8)15(9,13)14/h1-2H. The van der Waals surface area contributed by atoms with E-state index in [0.717, 1.165) is 12.1 Å². The average molecular weight is 335 g/mol. The van der Waals surface area contributed by atoms with Crippen LogP contribution < -0.4 is 0 Å². The zero-order valence-corrected chi connectivity index (χ0v) is 10.7. The second-order valence-electron chi connectivity index (χ2n) is 2.43. The molecule has 0 radical (unpaired) electrons. The lowest BCUT2D eigenvalue weighted by Crippen LogP contribution is -1.96. The number of nitro benzene ring substituents is 1. The van der Waals surface area contributed by atoms with Gasteiger partial charge in [-0.05, 0) is 15.9 Å². The van der Waals surface area contributed by atoms with Gasteiger partial charge in [-0.25, -0.2) is 8.42 Å². The average Bonchev–Trinajstić information content (AvgIpc) is 2.06. The first-order chi connectivity index (χ1) is 6.73. The summed E-state index contributed by atoms with van der Waals surface area (Å²) in [6.45, 7) is 0. The Kier molecular flexibility index (Phi) is 3.59. The molecule has 1 rings (SSSR count). The molecule has 0 heterocycles. The number of benzene rings is 1. The van der Waals surface area contributed by atoms with Gasteiger partial charge in [0.1, 0.15) is 4.90 Å². The van der Waals surface area contributed by atoms with E-state index >= 15 is 0 Å². The summed E-state index contributed by atoms with van der Waals surface area (Å²) in [7, 11) is 0.951. The normalized spacial score (nSPS) is 11.4. The van der Waals surface area contributed by atoms with Gasteiger partial charge >= 0.3 is 0 Å². The Hall–Kier alpha value is -0.370. The van der Waals surface area contributed by atoms with Crippen LogP contribution in [0.2, 0.25) is 5.02 Å².